The number of amides is 1. The third-order valence-electron chi connectivity index (χ3n) is 6.15. The van der Waals surface area contributed by atoms with Gasteiger partial charge in [-0.25, -0.2) is 9.42 Å². The SMILES string of the molecule is O=C(O)c1ccc2c(c1)C[C@@]1(CC2)CCN(Cc2ccc3nonc3c2)C1=O. The molecule has 2 heterocycles. The molecule has 1 atom stereocenters. The molecule has 142 valence electrons. The Morgan fingerprint density at radius 2 is 1.96 bits per heavy atom. The van der Waals surface area contributed by atoms with E-state index in [2.05, 4.69) is 10.3 Å². The van der Waals surface area contributed by atoms with Gasteiger partial charge in [0.2, 0.25) is 5.91 Å². The van der Waals surface area contributed by atoms with Gasteiger partial charge in [0.05, 0.1) is 11.0 Å². The number of benzene rings is 2. The van der Waals surface area contributed by atoms with Gasteiger partial charge < -0.3 is 10.0 Å². The first-order valence-corrected chi connectivity index (χ1v) is 9.40. The number of carboxylic acids is 1. The number of nitrogens with zero attached hydrogens (tertiary/aromatic N) is 3. The number of aromatic carboxylic acids is 1. The molecule has 7 heteroatoms. The Bertz CT molecular complexity index is 1110. The fourth-order valence-electron chi connectivity index (χ4n) is 4.58. The topological polar surface area (TPSA) is 96.5 Å². The number of likely N-dealkylation sites (tertiary alicyclic amines) is 1. The summed E-state index contributed by atoms with van der Waals surface area (Å²) in [5.41, 5.74) is 4.41. The molecular formula is C21H19N3O4. The van der Waals surface area contributed by atoms with Crippen LogP contribution in [0.5, 0.6) is 0 Å². The van der Waals surface area contributed by atoms with Gasteiger partial charge in [-0.1, -0.05) is 12.1 Å². The monoisotopic (exact) mass is 377 g/mol. The zero-order valence-corrected chi connectivity index (χ0v) is 15.2. The second kappa shape index (κ2) is 6.15. The van der Waals surface area contributed by atoms with Gasteiger partial charge in [-0.3, -0.25) is 4.79 Å². The molecular weight excluding hydrogens is 358 g/mol. The molecule has 1 aliphatic heterocycles. The third-order valence-corrected chi connectivity index (χ3v) is 6.15. The number of aromatic nitrogens is 2. The molecule has 2 aliphatic rings. The van der Waals surface area contributed by atoms with Gasteiger partial charge in [0.25, 0.3) is 0 Å². The number of rotatable bonds is 3. The first-order valence-electron chi connectivity index (χ1n) is 9.40. The highest BCUT2D eigenvalue weighted by atomic mass is 16.6. The number of carbonyl (C=O) groups is 2. The van der Waals surface area contributed by atoms with Crippen LogP contribution >= 0.6 is 0 Å². The van der Waals surface area contributed by atoms with Crippen molar-refractivity contribution >= 4 is 22.9 Å². The standard InChI is InChI=1S/C21H19N3O4/c25-19(26)15-3-2-14-5-6-21(11-16(14)10-15)7-8-24(20(21)27)12-13-1-4-17-18(9-13)23-28-22-17/h1-4,9-10H,5-8,11-12H2,(H,25,26)/t21-/m1/s1. The molecule has 1 spiro atoms. The van der Waals surface area contributed by atoms with E-state index in [0.29, 0.717) is 30.5 Å². The minimum atomic E-state index is -0.931. The predicted octanol–water partition coefficient (Wildman–Crippen LogP) is 2.83. The Hall–Kier alpha value is -3.22. The van der Waals surface area contributed by atoms with Crippen LogP contribution in [-0.4, -0.2) is 38.7 Å². The first-order chi connectivity index (χ1) is 13.5. The lowest BCUT2D eigenvalue weighted by Crippen LogP contribution is -2.38. The smallest absolute Gasteiger partial charge is 0.335 e. The molecule has 0 radical (unpaired) electrons. The van der Waals surface area contributed by atoms with Crippen molar-refractivity contribution < 1.29 is 19.3 Å². The third kappa shape index (κ3) is 2.66. The van der Waals surface area contributed by atoms with Gasteiger partial charge in [0, 0.05) is 13.1 Å². The fourth-order valence-corrected chi connectivity index (χ4v) is 4.58. The fraction of sp³-hybridized carbons (Fsp3) is 0.333. The normalized spacial score (nSPS) is 21.4. The van der Waals surface area contributed by atoms with E-state index in [1.807, 2.05) is 29.2 Å². The van der Waals surface area contributed by atoms with Crippen LogP contribution in [0.1, 0.15) is 39.9 Å². The number of aryl methyl sites for hydroxylation is 1. The lowest BCUT2D eigenvalue weighted by Gasteiger charge is -2.33. The Kier molecular flexibility index (Phi) is 3.72. The first kappa shape index (κ1) is 16.9. The molecule has 1 N–H and O–H groups in total. The van der Waals surface area contributed by atoms with Crippen LogP contribution in [0.3, 0.4) is 0 Å². The van der Waals surface area contributed by atoms with Crippen LogP contribution in [0.25, 0.3) is 11.0 Å². The summed E-state index contributed by atoms with van der Waals surface area (Å²) < 4.78 is 4.74. The highest BCUT2D eigenvalue weighted by molar-refractivity contribution is 5.89. The molecule has 0 bridgehead atoms. The summed E-state index contributed by atoms with van der Waals surface area (Å²) in [6.45, 7) is 1.24. The van der Waals surface area contributed by atoms with Gasteiger partial charge >= 0.3 is 5.97 Å². The molecule has 2 aromatic carbocycles. The van der Waals surface area contributed by atoms with E-state index in [9.17, 15) is 14.7 Å². The second-order valence-electron chi connectivity index (χ2n) is 7.81. The summed E-state index contributed by atoms with van der Waals surface area (Å²) in [7, 11) is 0. The number of carboxylic acid groups (broad SMARTS) is 1. The van der Waals surface area contributed by atoms with E-state index in [4.69, 9.17) is 4.63 Å². The maximum atomic E-state index is 13.3. The van der Waals surface area contributed by atoms with Crippen LogP contribution in [0.15, 0.2) is 41.0 Å². The van der Waals surface area contributed by atoms with Crippen molar-refractivity contribution in [2.75, 3.05) is 6.54 Å². The van der Waals surface area contributed by atoms with Crippen molar-refractivity contribution in [3.63, 3.8) is 0 Å². The Morgan fingerprint density at radius 3 is 2.82 bits per heavy atom. The van der Waals surface area contributed by atoms with Crippen LogP contribution in [-0.2, 0) is 24.2 Å². The maximum Gasteiger partial charge on any atom is 0.335 e. The van der Waals surface area contributed by atoms with Gasteiger partial charge in [0.15, 0.2) is 0 Å². The zero-order chi connectivity index (χ0) is 19.3. The number of hydrogen-bond donors (Lipinski definition) is 1. The van der Waals surface area contributed by atoms with Crippen LogP contribution in [0.4, 0.5) is 0 Å². The Morgan fingerprint density at radius 1 is 1.11 bits per heavy atom. The molecule has 0 saturated carbocycles. The number of carbonyl (C=O) groups excluding carboxylic acids is 1. The largest absolute Gasteiger partial charge is 0.478 e. The maximum absolute atomic E-state index is 13.3. The molecule has 1 aliphatic carbocycles. The molecule has 1 fully saturated rings. The van der Waals surface area contributed by atoms with Crippen molar-refractivity contribution in [2.45, 2.75) is 32.2 Å². The molecule has 1 aromatic heterocycles. The molecule has 0 unspecified atom stereocenters. The van der Waals surface area contributed by atoms with Gasteiger partial charge in [-0.2, -0.15) is 0 Å². The van der Waals surface area contributed by atoms with Gasteiger partial charge in [-0.15, -0.1) is 0 Å². The summed E-state index contributed by atoms with van der Waals surface area (Å²) in [4.78, 5) is 26.5. The summed E-state index contributed by atoms with van der Waals surface area (Å²) >= 11 is 0. The zero-order valence-electron chi connectivity index (χ0n) is 15.2. The predicted molar refractivity (Wildman–Crippen MR) is 99.7 cm³/mol. The molecule has 3 aromatic rings. The van der Waals surface area contributed by atoms with Crippen LogP contribution in [0.2, 0.25) is 0 Å². The van der Waals surface area contributed by atoms with E-state index < -0.39 is 11.4 Å². The average Bonchev–Trinajstić information content (AvgIpc) is 3.27. The van der Waals surface area contributed by atoms with E-state index >= 15 is 0 Å². The highest BCUT2D eigenvalue weighted by Gasteiger charge is 2.48. The summed E-state index contributed by atoms with van der Waals surface area (Å²) in [5, 5.41) is 16.9. The molecule has 1 saturated heterocycles. The van der Waals surface area contributed by atoms with E-state index in [1.54, 1.807) is 12.1 Å². The molecule has 28 heavy (non-hydrogen) atoms. The van der Waals surface area contributed by atoms with Crippen molar-refractivity contribution in [2.24, 2.45) is 5.41 Å². The van der Waals surface area contributed by atoms with Crippen molar-refractivity contribution in [1.82, 2.24) is 15.2 Å². The van der Waals surface area contributed by atoms with E-state index in [0.717, 1.165) is 36.0 Å². The second-order valence-corrected chi connectivity index (χ2v) is 7.81. The number of hydrogen-bond acceptors (Lipinski definition) is 5. The van der Waals surface area contributed by atoms with Crippen molar-refractivity contribution in [3.05, 3.63) is 58.7 Å². The summed E-state index contributed by atoms with van der Waals surface area (Å²) in [6, 6.07) is 11.0. The van der Waals surface area contributed by atoms with Gasteiger partial charge in [-0.05, 0) is 77.0 Å². The molecule has 5 rings (SSSR count). The lowest BCUT2D eigenvalue weighted by molar-refractivity contribution is -0.137. The Balaban J connectivity index is 1.38. The van der Waals surface area contributed by atoms with Crippen molar-refractivity contribution in [3.8, 4) is 0 Å². The average molecular weight is 377 g/mol. The quantitative estimate of drug-likeness (QED) is 0.754. The Labute approximate surface area is 160 Å². The van der Waals surface area contributed by atoms with Crippen molar-refractivity contribution in [1.29, 1.82) is 0 Å². The highest BCUT2D eigenvalue weighted by Crippen LogP contribution is 2.44. The molecule has 7 nitrogen and oxygen atoms in total. The minimum Gasteiger partial charge on any atom is -0.478 e. The van der Waals surface area contributed by atoms with E-state index in [-0.39, 0.29) is 11.5 Å². The lowest BCUT2D eigenvalue weighted by atomic mass is 9.70. The summed E-state index contributed by atoms with van der Waals surface area (Å²) in [5.74, 6) is -0.767. The van der Waals surface area contributed by atoms with Crippen LogP contribution < -0.4 is 0 Å². The molecule has 1 amide bonds. The minimum absolute atomic E-state index is 0.164. The number of fused-ring (bicyclic) bond motifs is 2. The van der Waals surface area contributed by atoms with Crippen LogP contribution in [0, 0.1) is 5.41 Å². The van der Waals surface area contributed by atoms with E-state index in [1.165, 1.54) is 0 Å². The summed E-state index contributed by atoms with van der Waals surface area (Å²) in [6.07, 6.45) is 3.04. The van der Waals surface area contributed by atoms with Gasteiger partial charge in [0.1, 0.15) is 11.0 Å².